The zero-order valence-corrected chi connectivity index (χ0v) is 15.1. The number of halogens is 1. The molecule has 0 aliphatic carbocycles. The molecule has 4 nitrogen and oxygen atoms in total. The molecule has 0 N–H and O–H groups in total. The van der Waals surface area contributed by atoms with Crippen molar-refractivity contribution in [3.63, 3.8) is 0 Å². The number of methoxy groups -OCH3 is 2. The minimum atomic E-state index is 0.00332. The van der Waals surface area contributed by atoms with Crippen molar-refractivity contribution in [3.8, 4) is 11.5 Å². The van der Waals surface area contributed by atoms with Crippen molar-refractivity contribution in [3.05, 3.63) is 58.1 Å². The lowest BCUT2D eigenvalue weighted by Gasteiger charge is -2.22. The fourth-order valence-corrected chi connectivity index (χ4v) is 2.73. The molecule has 0 heterocycles. The highest BCUT2D eigenvalue weighted by molar-refractivity contribution is 9.10. The number of carbonyl (C=O) groups excluding carboxylic acids is 1. The van der Waals surface area contributed by atoms with Gasteiger partial charge in [0, 0.05) is 23.1 Å². The van der Waals surface area contributed by atoms with Crippen LogP contribution >= 0.6 is 15.9 Å². The minimum Gasteiger partial charge on any atom is -0.493 e. The van der Waals surface area contributed by atoms with Crippen LogP contribution in [-0.4, -0.2) is 31.6 Å². The molecule has 1 amide bonds. The third-order valence-electron chi connectivity index (χ3n) is 3.56. The standard InChI is InChI=1S/C18H20BrNO3/c1-4-20(18(21)14-6-5-7-15(19)11-14)12-13-8-9-16(22-2)17(10-13)23-3/h5-11H,4,12H2,1-3H3. The van der Waals surface area contributed by atoms with Gasteiger partial charge in [-0.3, -0.25) is 4.79 Å². The van der Waals surface area contributed by atoms with Crippen LogP contribution in [0.1, 0.15) is 22.8 Å². The Morgan fingerprint density at radius 3 is 2.43 bits per heavy atom. The van der Waals surface area contributed by atoms with E-state index in [1.807, 2.05) is 49.4 Å². The average molecular weight is 378 g/mol. The zero-order chi connectivity index (χ0) is 16.8. The molecule has 0 radical (unpaired) electrons. The Morgan fingerprint density at radius 2 is 1.83 bits per heavy atom. The average Bonchev–Trinajstić information content (AvgIpc) is 2.58. The van der Waals surface area contributed by atoms with Gasteiger partial charge < -0.3 is 14.4 Å². The van der Waals surface area contributed by atoms with Gasteiger partial charge in [-0.15, -0.1) is 0 Å². The molecule has 0 saturated heterocycles. The summed E-state index contributed by atoms with van der Waals surface area (Å²) >= 11 is 3.40. The Labute approximate surface area is 145 Å². The van der Waals surface area contributed by atoms with E-state index in [9.17, 15) is 4.79 Å². The number of hydrogen-bond acceptors (Lipinski definition) is 3. The Balaban J connectivity index is 2.20. The van der Waals surface area contributed by atoms with Crippen molar-refractivity contribution >= 4 is 21.8 Å². The van der Waals surface area contributed by atoms with Crippen molar-refractivity contribution < 1.29 is 14.3 Å². The number of nitrogens with zero attached hydrogens (tertiary/aromatic N) is 1. The summed E-state index contributed by atoms with van der Waals surface area (Å²) in [5.41, 5.74) is 1.66. The largest absolute Gasteiger partial charge is 0.493 e. The highest BCUT2D eigenvalue weighted by Crippen LogP contribution is 2.28. The van der Waals surface area contributed by atoms with Crippen LogP contribution in [0.3, 0.4) is 0 Å². The molecule has 0 spiro atoms. The molecule has 23 heavy (non-hydrogen) atoms. The van der Waals surface area contributed by atoms with Crippen molar-refractivity contribution in [1.82, 2.24) is 4.90 Å². The SMILES string of the molecule is CCN(Cc1ccc(OC)c(OC)c1)C(=O)c1cccc(Br)c1. The summed E-state index contributed by atoms with van der Waals surface area (Å²) in [5.74, 6) is 1.34. The number of hydrogen-bond donors (Lipinski definition) is 0. The number of amides is 1. The molecule has 122 valence electrons. The normalized spacial score (nSPS) is 10.3. The third kappa shape index (κ3) is 4.26. The van der Waals surface area contributed by atoms with Gasteiger partial charge in [0.25, 0.3) is 5.91 Å². The van der Waals surface area contributed by atoms with Gasteiger partial charge in [-0.25, -0.2) is 0 Å². The molecule has 0 aromatic heterocycles. The molecule has 0 bridgehead atoms. The molecule has 0 fully saturated rings. The Hall–Kier alpha value is -2.01. The molecular weight excluding hydrogens is 358 g/mol. The van der Waals surface area contributed by atoms with Crippen LogP contribution in [0.25, 0.3) is 0 Å². The van der Waals surface area contributed by atoms with Gasteiger partial charge >= 0.3 is 0 Å². The lowest BCUT2D eigenvalue weighted by atomic mass is 10.1. The van der Waals surface area contributed by atoms with Gasteiger partial charge in [-0.2, -0.15) is 0 Å². The van der Waals surface area contributed by atoms with Gasteiger partial charge in [0.15, 0.2) is 11.5 Å². The molecule has 2 aromatic rings. The van der Waals surface area contributed by atoms with Crippen molar-refractivity contribution in [1.29, 1.82) is 0 Å². The van der Waals surface area contributed by atoms with E-state index in [-0.39, 0.29) is 5.91 Å². The number of rotatable bonds is 6. The zero-order valence-electron chi connectivity index (χ0n) is 13.5. The Kier molecular flexibility index (Phi) is 6.04. The van der Waals surface area contributed by atoms with Crippen molar-refractivity contribution in [2.24, 2.45) is 0 Å². The Bertz CT molecular complexity index is 688. The van der Waals surface area contributed by atoms with Crippen LogP contribution in [0.2, 0.25) is 0 Å². The monoisotopic (exact) mass is 377 g/mol. The predicted molar refractivity (Wildman–Crippen MR) is 94.1 cm³/mol. The molecule has 2 rings (SSSR count). The van der Waals surface area contributed by atoms with Gasteiger partial charge in [-0.05, 0) is 42.8 Å². The number of carbonyl (C=O) groups is 1. The second-order valence-corrected chi connectivity index (χ2v) is 5.93. The van der Waals surface area contributed by atoms with E-state index in [0.29, 0.717) is 30.2 Å². The molecule has 0 aliphatic rings. The van der Waals surface area contributed by atoms with E-state index in [1.165, 1.54) is 0 Å². The van der Waals surface area contributed by atoms with Crippen LogP contribution in [0.15, 0.2) is 46.9 Å². The maximum Gasteiger partial charge on any atom is 0.254 e. The summed E-state index contributed by atoms with van der Waals surface area (Å²) in [5, 5.41) is 0. The van der Waals surface area contributed by atoms with E-state index < -0.39 is 0 Å². The van der Waals surface area contributed by atoms with E-state index >= 15 is 0 Å². The smallest absolute Gasteiger partial charge is 0.254 e. The molecule has 0 atom stereocenters. The van der Waals surface area contributed by atoms with Crippen LogP contribution in [-0.2, 0) is 6.54 Å². The molecule has 2 aromatic carbocycles. The summed E-state index contributed by atoms with van der Waals surface area (Å²) < 4.78 is 11.5. The first kappa shape index (κ1) is 17.3. The number of benzene rings is 2. The van der Waals surface area contributed by atoms with Gasteiger partial charge in [0.2, 0.25) is 0 Å². The summed E-state index contributed by atoms with van der Waals surface area (Å²) in [7, 11) is 3.21. The second kappa shape index (κ2) is 8.02. The summed E-state index contributed by atoms with van der Waals surface area (Å²) in [6.07, 6.45) is 0. The maximum absolute atomic E-state index is 12.7. The van der Waals surface area contributed by atoms with Crippen LogP contribution in [0.5, 0.6) is 11.5 Å². The number of ether oxygens (including phenoxy) is 2. The van der Waals surface area contributed by atoms with E-state index in [2.05, 4.69) is 15.9 Å². The Morgan fingerprint density at radius 1 is 1.09 bits per heavy atom. The molecule has 0 unspecified atom stereocenters. The summed E-state index contributed by atoms with van der Waals surface area (Å²) in [6, 6.07) is 13.1. The van der Waals surface area contributed by atoms with Gasteiger partial charge in [0.05, 0.1) is 14.2 Å². The van der Waals surface area contributed by atoms with E-state index in [4.69, 9.17) is 9.47 Å². The second-order valence-electron chi connectivity index (χ2n) is 5.02. The fraction of sp³-hybridized carbons (Fsp3) is 0.278. The van der Waals surface area contributed by atoms with E-state index in [1.54, 1.807) is 19.1 Å². The molecule has 0 aliphatic heterocycles. The molecular formula is C18H20BrNO3. The highest BCUT2D eigenvalue weighted by Gasteiger charge is 2.15. The van der Waals surface area contributed by atoms with Crippen molar-refractivity contribution in [2.75, 3.05) is 20.8 Å². The van der Waals surface area contributed by atoms with Crippen LogP contribution in [0, 0.1) is 0 Å². The van der Waals surface area contributed by atoms with Crippen LogP contribution < -0.4 is 9.47 Å². The first-order valence-corrected chi connectivity index (χ1v) is 8.14. The third-order valence-corrected chi connectivity index (χ3v) is 4.06. The van der Waals surface area contributed by atoms with Crippen molar-refractivity contribution in [2.45, 2.75) is 13.5 Å². The maximum atomic E-state index is 12.7. The predicted octanol–water partition coefficient (Wildman–Crippen LogP) is 4.13. The lowest BCUT2D eigenvalue weighted by molar-refractivity contribution is 0.0752. The fourth-order valence-electron chi connectivity index (χ4n) is 2.33. The summed E-state index contributed by atoms with van der Waals surface area (Å²) in [4.78, 5) is 14.5. The first-order chi connectivity index (χ1) is 11.1. The van der Waals surface area contributed by atoms with Crippen LogP contribution in [0.4, 0.5) is 0 Å². The summed E-state index contributed by atoms with van der Waals surface area (Å²) in [6.45, 7) is 3.11. The van der Waals surface area contributed by atoms with Gasteiger partial charge in [0.1, 0.15) is 0 Å². The molecule has 5 heteroatoms. The van der Waals surface area contributed by atoms with E-state index in [0.717, 1.165) is 10.0 Å². The molecule has 0 saturated carbocycles. The van der Waals surface area contributed by atoms with Gasteiger partial charge in [-0.1, -0.05) is 28.1 Å². The topological polar surface area (TPSA) is 38.8 Å². The minimum absolute atomic E-state index is 0.00332. The highest BCUT2D eigenvalue weighted by atomic mass is 79.9. The quantitative estimate of drug-likeness (QED) is 0.759. The lowest BCUT2D eigenvalue weighted by Crippen LogP contribution is -2.30. The first-order valence-electron chi connectivity index (χ1n) is 7.34.